The van der Waals surface area contributed by atoms with E-state index in [1.807, 2.05) is 0 Å². The summed E-state index contributed by atoms with van der Waals surface area (Å²) in [7, 11) is 0. The van der Waals surface area contributed by atoms with Crippen LogP contribution in [0.25, 0.3) is 0 Å². The van der Waals surface area contributed by atoms with Gasteiger partial charge < -0.3 is 10.4 Å². The van der Waals surface area contributed by atoms with E-state index in [2.05, 4.69) is 5.32 Å². The molecule has 0 aromatic heterocycles. The highest BCUT2D eigenvalue weighted by Gasteiger charge is 2.36. The molecule has 70 valence electrons. The van der Waals surface area contributed by atoms with Crippen molar-refractivity contribution in [2.24, 2.45) is 0 Å². The Kier molecular flexibility index (Phi) is 1.86. The first-order chi connectivity index (χ1) is 6.12. The van der Waals surface area contributed by atoms with Crippen LogP contribution in [0.2, 0.25) is 0 Å². The number of halogens is 1. The minimum atomic E-state index is -0.779. The van der Waals surface area contributed by atoms with Gasteiger partial charge in [-0.15, -0.1) is 0 Å². The van der Waals surface area contributed by atoms with Crippen LogP contribution in [-0.4, -0.2) is 18.2 Å². The predicted octanol–water partition coefficient (Wildman–Crippen LogP) is 0.925. The van der Waals surface area contributed by atoms with Gasteiger partial charge in [-0.3, -0.25) is 0 Å². The summed E-state index contributed by atoms with van der Waals surface area (Å²) < 4.78 is 12.9. The molecule has 1 aromatic carbocycles. The van der Waals surface area contributed by atoms with Crippen molar-refractivity contribution >= 4 is 0 Å². The molecule has 0 spiro atoms. The zero-order chi connectivity index (χ0) is 9.47. The van der Waals surface area contributed by atoms with E-state index in [0.717, 1.165) is 5.56 Å². The Bertz CT molecular complexity index is 334. The van der Waals surface area contributed by atoms with Crippen LogP contribution in [0.3, 0.4) is 0 Å². The van der Waals surface area contributed by atoms with Crippen LogP contribution < -0.4 is 5.32 Å². The van der Waals surface area contributed by atoms with Gasteiger partial charge in [0.05, 0.1) is 0 Å². The SMILES string of the molecule is Cc1cc(C2(O)CNC2)ccc1F. The summed E-state index contributed by atoms with van der Waals surface area (Å²) in [4.78, 5) is 0. The van der Waals surface area contributed by atoms with Gasteiger partial charge in [0.1, 0.15) is 11.4 Å². The van der Waals surface area contributed by atoms with Crippen molar-refractivity contribution in [3.8, 4) is 0 Å². The third kappa shape index (κ3) is 1.34. The van der Waals surface area contributed by atoms with E-state index in [1.54, 1.807) is 19.1 Å². The maximum absolute atomic E-state index is 12.9. The van der Waals surface area contributed by atoms with Gasteiger partial charge in [0.15, 0.2) is 0 Å². The second-order valence-electron chi connectivity index (χ2n) is 3.60. The van der Waals surface area contributed by atoms with E-state index in [4.69, 9.17) is 0 Å². The Morgan fingerprint density at radius 3 is 2.62 bits per heavy atom. The predicted molar refractivity (Wildman–Crippen MR) is 47.9 cm³/mol. The van der Waals surface area contributed by atoms with E-state index < -0.39 is 5.60 Å². The minimum absolute atomic E-state index is 0.223. The molecule has 0 unspecified atom stereocenters. The Morgan fingerprint density at radius 2 is 2.15 bits per heavy atom. The lowest BCUT2D eigenvalue weighted by atomic mass is 9.87. The highest BCUT2D eigenvalue weighted by atomic mass is 19.1. The molecule has 0 amide bonds. The first kappa shape index (κ1) is 8.66. The van der Waals surface area contributed by atoms with Gasteiger partial charge in [-0.1, -0.05) is 12.1 Å². The number of rotatable bonds is 1. The van der Waals surface area contributed by atoms with Gasteiger partial charge in [0.2, 0.25) is 0 Å². The molecule has 1 saturated heterocycles. The molecule has 2 nitrogen and oxygen atoms in total. The van der Waals surface area contributed by atoms with Crippen LogP contribution in [0, 0.1) is 12.7 Å². The second-order valence-corrected chi connectivity index (χ2v) is 3.60. The average Bonchev–Trinajstić information content (AvgIpc) is 2.06. The van der Waals surface area contributed by atoms with Crippen LogP contribution in [0.4, 0.5) is 4.39 Å². The quantitative estimate of drug-likeness (QED) is 0.675. The van der Waals surface area contributed by atoms with Crippen molar-refractivity contribution in [3.63, 3.8) is 0 Å². The zero-order valence-electron chi connectivity index (χ0n) is 7.47. The Hall–Kier alpha value is -0.930. The van der Waals surface area contributed by atoms with Gasteiger partial charge in [-0.25, -0.2) is 4.39 Å². The molecule has 13 heavy (non-hydrogen) atoms. The fraction of sp³-hybridized carbons (Fsp3) is 0.400. The van der Waals surface area contributed by atoms with E-state index in [0.29, 0.717) is 18.7 Å². The van der Waals surface area contributed by atoms with E-state index >= 15 is 0 Å². The largest absolute Gasteiger partial charge is 0.382 e. The van der Waals surface area contributed by atoms with Gasteiger partial charge in [0, 0.05) is 13.1 Å². The summed E-state index contributed by atoms with van der Waals surface area (Å²) in [5, 5.41) is 12.9. The van der Waals surface area contributed by atoms with Crippen molar-refractivity contribution in [2.45, 2.75) is 12.5 Å². The van der Waals surface area contributed by atoms with Gasteiger partial charge in [-0.2, -0.15) is 0 Å². The summed E-state index contributed by atoms with van der Waals surface area (Å²) in [6.45, 7) is 2.81. The fourth-order valence-electron chi connectivity index (χ4n) is 1.50. The number of aliphatic hydroxyl groups is 1. The highest BCUT2D eigenvalue weighted by Crippen LogP contribution is 2.26. The first-order valence-electron chi connectivity index (χ1n) is 4.31. The molecule has 0 atom stereocenters. The molecule has 2 N–H and O–H groups in total. The maximum atomic E-state index is 12.9. The zero-order valence-corrected chi connectivity index (χ0v) is 7.47. The molecular weight excluding hydrogens is 169 g/mol. The summed E-state index contributed by atoms with van der Waals surface area (Å²) in [6, 6.07) is 4.75. The molecule has 1 aliphatic heterocycles. The van der Waals surface area contributed by atoms with Crippen LogP contribution >= 0.6 is 0 Å². The third-order valence-corrected chi connectivity index (χ3v) is 2.53. The van der Waals surface area contributed by atoms with Crippen molar-refractivity contribution in [2.75, 3.05) is 13.1 Å². The summed E-state index contributed by atoms with van der Waals surface area (Å²) >= 11 is 0. The Morgan fingerprint density at radius 1 is 1.46 bits per heavy atom. The molecule has 0 aliphatic carbocycles. The molecule has 1 fully saturated rings. The van der Waals surface area contributed by atoms with Crippen LogP contribution in [-0.2, 0) is 5.60 Å². The van der Waals surface area contributed by atoms with Crippen LogP contribution in [0.15, 0.2) is 18.2 Å². The number of benzene rings is 1. The molecule has 0 saturated carbocycles. The first-order valence-corrected chi connectivity index (χ1v) is 4.31. The number of β-amino-alcohol motifs (C(OH)–C–C–N with tert-alkyl or cyclic N) is 1. The standard InChI is InChI=1S/C10H12FNO/c1-7-4-8(2-3-9(7)11)10(13)5-12-6-10/h2-4,12-13H,5-6H2,1H3. The summed E-state index contributed by atoms with van der Waals surface area (Å²) in [5.41, 5.74) is 0.598. The van der Waals surface area contributed by atoms with Gasteiger partial charge in [0.25, 0.3) is 0 Å². The molecule has 2 rings (SSSR count). The number of nitrogens with one attached hydrogen (secondary N) is 1. The van der Waals surface area contributed by atoms with Crippen molar-refractivity contribution in [1.82, 2.24) is 5.32 Å². The summed E-state index contributed by atoms with van der Waals surface area (Å²) in [6.07, 6.45) is 0. The van der Waals surface area contributed by atoms with E-state index in [-0.39, 0.29) is 5.82 Å². The second kappa shape index (κ2) is 2.79. The van der Waals surface area contributed by atoms with E-state index in [9.17, 15) is 9.50 Å². The number of aryl methyl sites for hydroxylation is 1. The van der Waals surface area contributed by atoms with E-state index in [1.165, 1.54) is 6.07 Å². The van der Waals surface area contributed by atoms with Crippen LogP contribution in [0.5, 0.6) is 0 Å². The molecular formula is C10H12FNO. The Labute approximate surface area is 76.4 Å². The monoisotopic (exact) mass is 181 g/mol. The van der Waals surface area contributed by atoms with Crippen molar-refractivity contribution in [3.05, 3.63) is 35.1 Å². The Balaban J connectivity index is 2.36. The van der Waals surface area contributed by atoms with Crippen molar-refractivity contribution in [1.29, 1.82) is 0 Å². The normalized spacial score (nSPS) is 19.6. The lowest BCUT2D eigenvalue weighted by molar-refractivity contribution is -0.0147. The number of hydrogen-bond donors (Lipinski definition) is 2. The summed E-state index contributed by atoms with van der Waals surface area (Å²) in [5.74, 6) is -0.223. The highest BCUT2D eigenvalue weighted by molar-refractivity contribution is 5.31. The lowest BCUT2D eigenvalue weighted by Gasteiger charge is -2.38. The third-order valence-electron chi connectivity index (χ3n) is 2.53. The minimum Gasteiger partial charge on any atom is -0.382 e. The van der Waals surface area contributed by atoms with Gasteiger partial charge in [-0.05, 0) is 24.1 Å². The molecule has 0 bridgehead atoms. The maximum Gasteiger partial charge on any atom is 0.126 e. The molecule has 0 radical (unpaired) electrons. The molecule has 1 aromatic rings. The topological polar surface area (TPSA) is 32.3 Å². The fourth-order valence-corrected chi connectivity index (χ4v) is 1.50. The van der Waals surface area contributed by atoms with Crippen LogP contribution in [0.1, 0.15) is 11.1 Å². The van der Waals surface area contributed by atoms with Crippen molar-refractivity contribution < 1.29 is 9.50 Å². The molecule has 1 heterocycles. The lowest BCUT2D eigenvalue weighted by Crippen LogP contribution is -2.56. The van der Waals surface area contributed by atoms with Gasteiger partial charge >= 0.3 is 0 Å². The molecule has 3 heteroatoms. The average molecular weight is 181 g/mol. The molecule has 1 aliphatic rings. The number of hydrogen-bond acceptors (Lipinski definition) is 2. The smallest absolute Gasteiger partial charge is 0.126 e.